The summed E-state index contributed by atoms with van der Waals surface area (Å²) >= 11 is 3.56. The van der Waals surface area contributed by atoms with Crippen molar-refractivity contribution >= 4 is 44.7 Å². The molecule has 0 atom stereocenters. The third-order valence-electron chi connectivity index (χ3n) is 3.47. The van der Waals surface area contributed by atoms with Crippen LogP contribution in [0.1, 0.15) is 17.2 Å². The van der Waals surface area contributed by atoms with Crippen LogP contribution in [-0.4, -0.2) is 29.0 Å². The van der Waals surface area contributed by atoms with Gasteiger partial charge in [0, 0.05) is 41.5 Å². The van der Waals surface area contributed by atoms with Crippen molar-refractivity contribution in [2.45, 2.75) is 6.92 Å². The summed E-state index contributed by atoms with van der Waals surface area (Å²) < 4.78 is 1.02. The number of aromatic nitrogens is 3. The average molecular weight is 369 g/mol. The molecule has 1 aromatic carbocycles. The zero-order valence-electron chi connectivity index (χ0n) is 13.3. The van der Waals surface area contributed by atoms with E-state index in [0.29, 0.717) is 5.82 Å². The Labute approximate surface area is 144 Å². The average Bonchev–Trinajstić information content (AvgIpc) is 2.51. The molecule has 0 aliphatic carbocycles. The molecule has 0 N–H and O–H groups in total. The highest BCUT2D eigenvalue weighted by Gasteiger charge is 2.06. The second-order valence-corrected chi connectivity index (χ2v) is 6.43. The zero-order chi connectivity index (χ0) is 16.4. The van der Waals surface area contributed by atoms with Gasteiger partial charge in [0.25, 0.3) is 0 Å². The van der Waals surface area contributed by atoms with Gasteiger partial charge >= 0.3 is 0 Å². The summed E-state index contributed by atoms with van der Waals surface area (Å²) in [5.41, 5.74) is 3.92. The molecule has 5 heteroatoms. The van der Waals surface area contributed by atoms with Gasteiger partial charge < -0.3 is 4.90 Å². The van der Waals surface area contributed by atoms with Crippen LogP contribution in [0.2, 0.25) is 0 Å². The van der Waals surface area contributed by atoms with Crippen LogP contribution in [-0.2, 0) is 0 Å². The van der Waals surface area contributed by atoms with Crippen molar-refractivity contribution in [1.29, 1.82) is 0 Å². The van der Waals surface area contributed by atoms with Crippen LogP contribution in [0.15, 0.2) is 41.0 Å². The maximum atomic E-state index is 4.72. The van der Waals surface area contributed by atoms with Gasteiger partial charge in [-0.05, 0) is 49.4 Å². The smallest absolute Gasteiger partial charge is 0.152 e. The van der Waals surface area contributed by atoms with Crippen LogP contribution in [0.3, 0.4) is 0 Å². The first-order valence-electron chi connectivity index (χ1n) is 7.28. The maximum Gasteiger partial charge on any atom is 0.152 e. The quantitative estimate of drug-likeness (QED) is 0.689. The van der Waals surface area contributed by atoms with Crippen LogP contribution in [0.4, 0.5) is 5.69 Å². The number of rotatable bonds is 3. The van der Waals surface area contributed by atoms with E-state index in [1.165, 1.54) is 0 Å². The Morgan fingerprint density at radius 2 is 1.87 bits per heavy atom. The highest BCUT2D eigenvalue weighted by molar-refractivity contribution is 9.10. The van der Waals surface area contributed by atoms with Crippen LogP contribution >= 0.6 is 15.9 Å². The number of nitrogens with zero attached hydrogens (tertiary/aromatic N) is 4. The minimum atomic E-state index is 0.690. The van der Waals surface area contributed by atoms with E-state index >= 15 is 0 Å². The van der Waals surface area contributed by atoms with Gasteiger partial charge in [-0.15, -0.1) is 0 Å². The van der Waals surface area contributed by atoms with E-state index in [2.05, 4.69) is 42.9 Å². The van der Waals surface area contributed by atoms with Gasteiger partial charge in [-0.25, -0.2) is 15.0 Å². The molecular formula is C18H17BrN4. The predicted octanol–water partition coefficient (Wildman–Crippen LogP) is 4.33. The molecule has 0 aliphatic heterocycles. The molecule has 23 heavy (non-hydrogen) atoms. The molecule has 116 valence electrons. The standard InChI is InChI=1S/C18H17BrN4/c1-12-8-9-20-18(21-12)7-5-14-4-6-15-16(22-14)10-13(19)11-17(15)23(2)3/h4-11H,1-3H3/b7-5+. The van der Waals surface area contributed by atoms with Gasteiger partial charge in [-0.2, -0.15) is 0 Å². The second-order valence-electron chi connectivity index (χ2n) is 5.51. The van der Waals surface area contributed by atoms with Crippen LogP contribution in [0.5, 0.6) is 0 Å². The van der Waals surface area contributed by atoms with Gasteiger partial charge in [0.15, 0.2) is 5.82 Å². The first-order chi connectivity index (χ1) is 11.0. The number of fused-ring (bicyclic) bond motifs is 1. The summed E-state index contributed by atoms with van der Waals surface area (Å²) in [7, 11) is 4.06. The van der Waals surface area contributed by atoms with Crippen molar-refractivity contribution in [3.63, 3.8) is 0 Å². The molecule has 3 rings (SSSR count). The number of halogens is 1. The third-order valence-corrected chi connectivity index (χ3v) is 3.93. The van der Waals surface area contributed by atoms with Gasteiger partial charge in [-0.3, -0.25) is 0 Å². The van der Waals surface area contributed by atoms with Gasteiger partial charge in [-0.1, -0.05) is 15.9 Å². The molecule has 0 fully saturated rings. The fraction of sp³-hybridized carbons (Fsp3) is 0.167. The summed E-state index contributed by atoms with van der Waals surface area (Å²) in [6.45, 7) is 1.95. The van der Waals surface area contributed by atoms with Crippen molar-refractivity contribution in [3.05, 3.63) is 58.2 Å². The Morgan fingerprint density at radius 3 is 2.61 bits per heavy atom. The summed E-state index contributed by atoms with van der Waals surface area (Å²) in [6, 6.07) is 10.1. The second kappa shape index (κ2) is 6.46. The van der Waals surface area contributed by atoms with Gasteiger partial charge in [0.2, 0.25) is 0 Å². The molecule has 2 aromatic heterocycles. The van der Waals surface area contributed by atoms with Crippen molar-refractivity contribution in [1.82, 2.24) is 15.0 Å². The molecule has 0 saturated carbocycles. The molecule has 2 heterocycles. The predicted molar refractivity (Wildman–Crippen MR) is 99.5 cm³/mol. The lowest BCUT2D eigenvalue weighted by Crippen LogP contribution is -2.09. The number of benzene rings is 1. The van der Waals surface area contributed by atoms with Crippen LogP contribution < -0.4 is 4.90 Å². The molecule has 0 radical (unpaired) electrons. The van der Waals surface area contributed by atoms with E-state index < -0.39 is 0 Å². The number of pyridine rings is 1. The van der Waals surface area contributed by atoms with Crippen LogP contribution in [0, 0.1) is 6.92 Å². The van der Waals surface area contributed by atoms with Gasteiger partial charge in [0.1, 0.15) is 0 Å². The fourth-order valence-electron chi connectivity index (χ4n) is 2.37. The van der Waals surface area contributed by atoms with E-state index in [-0.39, 0.29) is 0 Å². The Bertz CT molecular complexity index is 887. The summed E-state index contributed by atoms with van der Waals surface area (Å²) in [5, 5.41) is 1.13. The molecule has 0 amide bonds. The first-order valence-corrected chi connectivity index (χ1v) is 8.07. The Balaban J connectivity index is 2.00. The molecule has 0 bridgehead atoms. The zero-order valence-corrected chi connectivity index (χ0v) is 14.9. The number of hydrogen-bond acceptors (Lipinski definition) is 4. The summed E-state index contributed by atoms with van der Waals surface area (Å²) in [6.07, 6.45) is 5.58. The van der Waals surface area contributed by atoms with E-state index in [1.807, 2.05) is 51.4 Å². The molecule has 0 spiro atoms. The Hall–Kier alpha value is -2.27. The van der Waals surface area contributed by atoms with Crippen LogP contribution in [0.25, 0.3) is 23.1 Å². The first kappa shape index (κ1) is 15.6. The Morgan fingerprint density at radius 1 is 1.04 bits per heavy atom. The molecule has 0 unspecified atom stereocenters. The van der Waals surface area contributed by atoms with Gasteiger partial charge in [0.05, 0.1) is 11.2 Å². The molecular weight excluding hydrogens is 352 g/mol. The number of hydrogen-bond donors (Lipinski definition) is 0. The lowest BCUT2D eigenvalue weighted by atomic mass is 10.1. The largest absolute Gasteiger partial charge is 0.377 e. The van der Waals surface area contributed by atoms with E-state index in [0.717, 1.165) is 32.5 Å². The summed E-state index contributed by atoms with van der Waals surface area (Å²) in [4.78, 5) is 15.4. The van der Waals surface area contributed by atoms with E-state index in [9.17, 15) is 0 Å². The fourth-order valence-corrected chi connectivity index (χ4v) is 2.80. The SMILES string of the molecule is Cc1ccnc(/C=C/c2ccc3c(N(C)C)cc(Br)cc3n2)n1. The minimum absolute atomic E-state index is 0.690. The minimum Gasteiger partial charge on any atom is -0.377 e. The van der Waals surface area contributed by atoms with Crippen molar-refractivity contribution in [2.75, 3.05) is 19.0 Å². The molecule has 4 nitrogen and oxygen atoms in total. The van der Waals surface area contributed by atoms with E-state index in [1.54, 1.807) is 6.20 Å². The Kier molecular flexibility index (Phi) is 4.39. The summed E-state index contributed by atoms with van der Waals surface area (Å²) in [5.74, 6) is 0.690. The van der Waals surface area contributed by atoms with Crippen molar-refractivity contribution in [2.24, 2.45) is 0 Å². The third kappa shape index (κ3) is 3.56. The molecule has 0 saturated heterocycles. The lowest BCUT2D eigenvalue weighted by Gasteiger charge is -2.16. The van der Waals surface area contributed by atoms with Crippen molar-refractivity contribution in [3.8, 4) is 0 Å². The maximum absolute atomic E-state index is 4.72. The lowest BCUT2D eigenvalue weighted by molar-refractivity contribution is 1.08. The normalized spacial score (nSPS) is 11.3. The highest BCUT2D eigenvalue weighted by atomic mass is 79.9. The topological polar surface area (TPSA) is 41.9 Å². The highest BCUT2D eigenvalue weighted by Crippen LogP contribution is 2.29. The number of anilines is 1. The molecule has 0 aliphatic rings. The van der Waals surface area contributed by atoms with E-state index in [4.69, 9.17) is 4.98 Å². The monoisotopic (exact) mass is 368 g/mol. The molecule has 3 aromatic rings. The number of aryl methyl sites for hydroxylation is 1. The van der Waals surface area contributed by atoms with Crippen molar-refractivity contribution < 1.29 is 0 Å².